The Kier molecular flexibility index (Phi) is 4.29. The van der Waals surface area contributed by atoms with Crippen LogP contribution in [0.4, 0.5) is 26.3 Å². The monoisotopic (exact) mass is 316 g/mol. The second-order valence-electron chi connectivity index (χ2n) is 4.36. The van der Waals surface area contributed by atoms with E-state index in [-0.39, 0.29) is 18.2 Å². The number of benzene rings is 1. The number of carbonyl (C=O) groups excluding carboxylic acids is 1. The van der Waals surface area contributed by atoms with Crippen molar-refractivity contribution in [2.45, 2.75) is 24.9 Å². The Morgan fingerprint density at radius 2 is 1.29 bits per heavy atom. The third-order valence-corrected chi connectivity index (χ3v) is 2.73. The van der Waals surface area contributed by atoms with Gasteiger partial charge in [0, 0.05) is 0 Å². The van der Waals surface area contributed by atoms with Gasteiger partial charge in [0.15, 0.2) is 5.60 Å². The van der Waals surface area contributed by atoms with Crippen LogP contribution in [-0.4, -0.2) is 18.2 Å². The number of rotatable bonds is 2. The molecule has 0 fully saturated rings. The molecule has 0 aliphatic rings. The lowest BCUT2D eigenvalue weighted by Crippen LogP contribution is -2.34. The van der Waals surface area contributed by atoms with Crippen LogP contribution in [0.2, 0.25) is 0 Å². The van der Waals surface area contributed by atoms with E-state index in [2.05, 4.69) is 4.74 Å². The normalized spacial score (nSPS) is 15.5. The van der Waals surface area contributed by atoms with Crippen LogP contribution in [0.1, 0.15) is 23.6 Å². The van der Waals surface area contributed by atoms with Crippen molar-refractivity contribution < 1.29 is 41.0 Å². The standard InChI is InChI=1S/C12H10F6O3/c1-10(20,9(19)21-2)6-3-7(11(13,14)15)5-8(4-6)12(16,17)18/h3-5,20H,1-2H3. The molecule has 0 amide bonds. The number of carbonyl (C=O) groups is 1. The molecule has 0 bridgehead atoms. The zero-order chi connectivity index (χ0) is 16.6. The first-order chi connectivity index (χ1) is 9.30. The molecule has 118 valence electrons. The molecule has 0 spiro atoms. The van der Waals surface area contributed by atoms with E-state index >= 15 is 0 Å². The van der Waals surface area contributed by atoms with Gasteiger partial charge in [0.1, 0.15) is 0 Å². The first-order valence-electron chi connectivity index (χ1n) is 5.41. The van der Waals surface area contributed by atoms with E-state index in [9.17, 15) is 36.2 Å². The lowest BCUT2D eigenvalue weighted by Gasteiger charge is -2.23. The minimum atomic E-state index is -5.07. The summed E-state index contributed by atoms with van der Waals surface area (Å²) in [5, 5.41) is 9.83. The summed E-state index contributed by atoms with van der Waals surface area (Å²) >= 11 is 0. The van der Waals surface area contributed by atoms with Crippen LogP contribution in [0, 0.1) is 0 Å². The van der Waals surface area contributed by atoms with Crippen molar-refractivity contribution >= 4 is 5.97 Å². The predicted molar refractivity (Wildman–Crippen MR) is 58.0 cm³/mol. The molecule has 0 aromatic heterocycles. The maximum absolute atomic E-state index is 12.6. The van der Waals surface area contributed by atoms with E-state index in [0.717, 1.165) is 14.0 Å². The molecule has 1 N–H and O–H groups in total. The molecular weight excluding hydrogens is 306 g/mol. The Labute approximate surface area is 115 Å². The minimum Gasteiger partial charge on any atom is -0.467 e. The van der Waals surface area contributed by atoms with Crippen molar-refractivity contribution in [2.24, 2.45) is 0 Å². The molecule has 0 aliphatic carbocycles. The van der Waals surface area contributed by atoms with Gasteiger partial charge < -0.3 is 9.84 Å². The molecule has 1 aromatic carbocycles. The molecule has 1 aromatic rings. The number of aliphatic hydroxyl groups is 1. The van der Waals surface area contributed by atoms with E-state index in [0.29, 0.717) is 0 Å². The van der Waals surface area contributed by atoms with Crippen LogP contribution >= 0.6 is 0 Å². The lowest BCUT2D eigenvalue weighted by atomic mass is 9.92. The molecule has 1 rings (SSSR count). The van der Waals surface area contributed by atoms with Gasteiger partial charge in [0.2, 0.25) is 0 Å². The molecule has 1 atom stereocenters. The summed E-state index contributed by atoms with van der Waals surface area (Å²) < 4.78 is 80.0. The Morgan fingerprint density at radius 1 is 0.952 bits per heavy atom. The van der Waals surface area contributed by atoms with Crippen LogP contribution in [0.25, 0.3) is 0 Å². The van der Waals surface area contributed by atoms with E-state index < -0.39 is 40.6 Å². The number of halogens is 6. The fraction of sp³-hybridized carbons (Fsp3) is 0.417. The topological polar surface area (TPSA) is 46.5 Å². The average molecular weight is 316 g/mol. The summed E-state index contributed by atoms with van der Waals surface area (Å²) in [6, 6.07) is 0.440. The highest BCUT2D eigenvalue weighted by Crippen LogP contribution is 2.38. The van der Waals surface area contributed by atoms with Crippen LogP contribution in [0.5, 0.6) is 0 Å². The lowest BCUT2D eigenvalue weighted by molar-refractivity contribution is -0.162. The zero-order valence-corrected chi connectivity index (χ0v) is 10.8. The highest BCUT2D eigenvalue weighted by Gasteiger charge is 2.41. The SMILES string of the molecule is COC(=O)C(C)(O)c1cc(C(F)(F)F)cc(C(F)(F)F)c1. The van der Waals surface area contributed by atoms with Gasteiger partial charge in [-0.1, -0.05) is 0 Å². The van der Waals surface area contributed by atoms with E-state index in [1.807, 2.05) is 0 Å². The van der Waals surface area contributed by atoms with E-state index in [1.54, 1.807) is 0 Å². The molecule has 1 unspecified atom stereocenters. The summed E-state index contributed by atoms with van der Waals surface area (Å²) in [5.41, 5.74) is -6.76. The number of alkyl halides is 6. The molecule has 21 heavy (non-hydrogen) atoms. The molecule has 9 heteroatoms. The summed E-state index contributed by atoms with van der Waals surface area (Å²) in [6.07, 6.45) is -10.1. The summed E-state index contributed by atoms with van der Waals surface area (Å²) in [4.78, 5) is 11.3. The molecule has 0 saturated heterocycles. The Morgan fingerprint density at radius 3 is 1.57 bits per heavy atom. The number of methoxy groups -OCH3 is 1. The molecule has 0 saturated carbocycles. The highest BCUT2D eigenvalue weighted by molar-refractivity contribution is 5.80. The third kappa shape index (κ3) is 3.66. The number of hydrogen-bond acceptors (Lipinski definition) is 3. The van der Waals surface area contributed by atoms with Crippen molar-refractivity contribution in [3.63, 3.8) is 0 Å². The van der Waals surface area contributed by atoms with Crippen molar-refractivity contribution in [3.05, 3.63) is 34.9 Å². The van der Waals surface area contributed by atoms with Gasteiger partial charge in [-0.3, -0.25) is 0 Å². The third-order valence-electron chi connectivity index (χ3n) is 2.73. The van der Waals surface area contributed by atoms with E-state index in [1.165, 1.54) is 0 Å². The van der Waals surface area contributed by atoms with Gasteiger partial charge >= 0.3 is 18.3 Å². The van der Waals surface area contributed by atoms with Crippen molar-refractivity contribution in [2.75, 3.05) is 7.11 Å². The van der Waals surface area contributed by atoms with Crippen LogP contribution in [-0.2, 0) is 27.5 Å². The minimum absolute atomic E-state index is 0.100. The largest absolute Gasteiger partial charge is 0.467 e. The van der Waals surface area contributed by atoms with Gasteiger partial charge in [0.25, 0.3) is 0 Å². The molecular formula is C12H10F6O3. The summed E-state index contributed by atoms with van der Waals surface area (Å²) in [7, 11) is 0.842. The van der Waals surface area contributed by atoms with Gasteiger partial charge in [-0.05, 0) is 30.7 Å². The number of hydrogen-bond donors (Lipinski definition) is 1. The van der Waals surface area contributed by atoms with Crippen LogP contribution in [0.3, 0.4) is 0 Å². The van der Waals surface area contributed by atoms with Crippen molar-refractivity contribution in [1.29, 1.82) is 0 Å². The maximum atomic E-state index is 12.6. The van der Waals surface area contributed by atoms with Gasteiger partial charge in [0.05, 0.1) is 18.2 Å². The Bertz CT molecular complexity index is 513. The fourth-order valence-electron chi connectivity index (χ4n) is 1.55. The second kappa shape index (κ2) is 5.21. The fourth-order valence-corrected chi connectivity index (χ4v) is 1.55. The van der Waals surface area contributed by atoms with Gasteiger partial charge in [-0.15, -0.1) is 0 Å². The zero-order valence-electron chi connectivity index (χ0n) is 10.8. The van der Waals surface area contributed by atoms with E-state index in [4.69, 9.17) is 0 Å². The molecule has 0 heterocycles. The number of esters is 1. The number of ether oxygens (including phenoxy) is 1. The molecule has 0 aliphatic heterocycles. The Hall–Kier alpha value is -1.77. The van der Waals surface area contributed by atoms with Gasteiger partial charge in [-0.25, -0.2) is 4.79 Å². The smallest absolute Gasteiger partial charge is 0.416 e. The van der Waals surface area contributed by atoms with Crippen molar-refractivity contribution in [1.82, 2.24) is 0 Å². The second-order valence-corrected chi connectivity index (χ2v) is 4.36. The molecule has 3 nitrogen and oxygen atoms in total. The first kappa shape index (κ1) is 17.3. The first-order valence-corrected chi connectivity index (χ1v) is 5.41. The average Bonchev–Trinajstić information content (AvgIpc) is 2.35. The Balaban J connectivity index is 3.57. The summed E-state index contributed by atoms with van der Waals surface area (Å²) in [5.74, 6) is -1.38. The van der Waals surface area contributed by atoms with Crippen LogP contribution in [0.15, 0.2) is 18.2 Å². The predicted octanol–water partition coefficient (Wildman–Crippen LogP) is 3.10. The summed E-state index contributed by atoms with van der Waals surface area (Å²) in [6.45, 7) is 0.745. The van der Waals surface area contributed by atoms with Gasteiger partial charge in [-0.2, -0.15) is 26.3 Å². The highest BCUT2D eigenvalue weighted by atomic mass is 19.4. The maximum Gasteiger partial charge on any atom is 0.416 e. The van der Waals surface area contributed by atoms with Crippen LogP contribution < -0.4 is 0 Å². The quantitative estimate of drug-likeness (QED) is 0.674. The van der Waals surface area contributed by atoms with Crippen molar-refractivity contribution in [3.8, 4) is 0 Å². The molecule has 0 radical (unpaired) electrons.